The number of carboxylic acid groups (broad SMARTS) is 1. The van der Waals surface area contributed by atoms with Crippen LogP contribution in [-0.2, 0) is 11.3 Å². The van der Waals surface area contributed by atoms with Crippen molar-refractivity contribution in [3.63, 3.8) is 0 Å². The SMILES string of the molecule is CCCC(C(=O)O)N(CC)Cc1ccco1. The normalized spacial score (nSPS) is 12.9. The Hall–Kier alpha value is -1.29. The first-order valence-corrected chi connectivity index (χ1v) is 5.68. The average molecular weight is 225 g/mol. The van der Waals surface area contributed by atoms with E-state index in [0.29, 0.717) is 19.5 Å². The molecule has 0 aliphatic rings. The molecule has 16 heavy (non-hydrogen) atoms. The molecule has 90 valence electrons. The number of carboxylic acids is 1. The number of carbonyl (C=O) groups is 1. The summed E-state index contributed by atoms with van der Waals surface area (Å²) < 4.78 is 5.24. The fraction of sp³-hybridized carbons (Fsp3) is 0.583. The Kier molecular flexibility index (Phi) is 5.05. The summed E-state index contributed by atoms with van der Waals surface area (Å²) in [6.45, 7) is 5.23. The number of aliphatic carboxylic acids is 1. The number of rotatable bonds is 7. The summed E-state index contributed by atoms with van der Waals surface area (Å²) in [7, 11) is 0. The average Bonchev–Trinajstić information content (AvgIpc) is 2.75. The first-order valence-electron chi connectivity index (χ1n) is 5.68. The van der Waals surface area contributed by atoms with Crippen molar-refractivity contribution in [3.8, 4) is 0 Å². The van der Waals surface area contributed by atoms with Crippen LogP contribution >= 0.6 is 0 Å². The van der Waals surface area contributed by atoms with E-state index in [0.717, 1.165) is 12.2 Å². The second-order valence-electron chi connectivity index (χ2n) is 3.79. The van der Waals surface area contributed by atoms with E-state index in [-0.39, 0.29) is 0 Å². The Labute approximate surface area is 95.9 Å². The van der Waals surface area contributed by atoms with Gasteiger partial charge < -0.3 is 9.52 Å². The maximum atomic E-state index is 11.1. The molecule has 1 heterocycles. The Morgan fingerprint density at radius 2 is 2.31 bits per heavy atom. The minimum absolute atomic E-state index is 0.417. The van der Waals surface area contributed by atoms with Crippen molar-refractivity contribution >= 4 is 5.97 Å². The van der Waals surface area contributed by atoms with Crippen LogP contribution in [0.2, 0.25) is 0 Å². The number of likely N-dealkylation sites (N-methyl/N-ethyl adjacent to an activating group) is 1. The highest BCUT2D eigenvalue weighted by molar-refractivity contribution is 5.73. The van der Waals surface area contributed by atoms with Crippen LogP contribution in [-0.4, -0.2) is 28.6 Å². The van der Waals surface area contributed by atoms with Gasteiger partial charge in [0.25, 0.3) is 0 Å². The van der Waals surface area contributed by atoms with Gasteiger partial charge in [0.1, 0.15) is 11.8 Å². The van der Waals surface area contributed by atoms with Crippen molar-refractivity contribution in [3.05, 3.63) is 24.2 Å². The first-order chi connectivity index (χ1) is 7.69. The molecule has 0 spiro atoms. The molecule has 1 atom stereocenters. The van der Waals surface area contributed by atoms with E-state index in [4.69, 9.17) is 9.52 Å². The molecule has 0 aliphatic heterocycles. The molecule has 4 nitrogen and oxygen atoms in total. The highest BCUT2D eigenvalue weighted by atomic mass is 16.4. The summed E-state index contributed by atoms with van der Waals surface area (Å²) in [5, 5.41) is 9.16. The van der Waals surface area contributed by atoms with Crippen LogP contribution in [0, 0.1) is 0 Å². The zero-order valence-corrected chi connectivity index (χ0v) is 9.85. The van der Waals surface area contributed by atoms with Crippen molar-refractivity contribution < 1.29 is 14.3 Å². The molecule has 1 unspecified atom stereocenters. The topological polar surface area (TPSA) is 53.7 Å². The van der Waals surface area contributed by atoms with Gasteiger partial charge in [-0.1, -0.05) is 20.3 Å². The molecular weight excluding hydrogens is 206 g/mol. The fourth-order valence-electron chi connectivity index (χ4n) is 1.78. The zero-order chi connectivity index (χ0) is 12.0. The van der Waals surface area contributed by atoms with Crippen LogP contribution in [0.3, 0.4) is 0 Å². The van der Waals surface area contributed by atoms with Crippen LogP contribution in [0.5, 0.6) is 0 Å². The minimum Gasteiger partial charge on any atom is -0.480 e. The second kappa shape index (κ2) is 6.33. The van der Waals surface area contributed by atoms with Gasteiger partial charge in [0.05, 0.1) is 12.8 Å². The summed E-state index contributed by atoms with van der Waals surface area (Å²) in [5.74, 6) is 0.0551. The van der Waals surface area contributed by atoms with Gasteiger partial charge in [0, 0.05) is 0 Å². The molecule has 0 bridgehead atoms. The molecule has 1 aromatic heterocycles. The van der Waals surface area contributed by atoms with E-state index in [2.05, 4.69) is 0 Å². The van der Waals surface area contributed by atoms with Gasteiger partial charge >= 0.3 is 5.97 Å². The molecule has 0 radical (unpaired) electrons. The van der Waals surface area contributed by atoms with E-state index in [1.807, 2.05) is 30.9 Å². The lowest BCUT2D eigenvalue weighted by Crippen LogP contribution is -2.40. The molecular formula is C12H19NO3. The molecule has 1 N–H and O–H groups in total. The largest absolute Gasteiger partial charge is 0.480 e. The third-order valence-corrected chi connectivity index (χ3v) is 2.63. The lowest BCUT2D eigenvalue weighted by Gasteiger charge is -2.26. The molecule has 0 saturated carbocycles. The summed E-state index contributed by atoms with van der Waals surface area (Å²) in [6.07, 6.45) is 3.15. The lowest BCUT2D eigenvalue weighted by atomic mass is 10.1. The smallest absolute Gasteiger partial charge is 0.320 e. The van der Waals surface area contributed by atoms with E-state index in [1.165, 1.54) is 0 Å². The number of hydrogen-bond donors (Lipinski definition) is 1. The van der Waals surface area contributed by atoms with Gasteiger partial charge in [-0.25, -0.2) is 0 Å². The van der Waals surface area contributed by atoms with Crippen LogP contribution in [0.1, 0.15) is 32.4 Å². The zero-order valence-electron chi connectivity index (χ0n) is 9.85. The molecule has 1 rings (SSSR count). The van der Waals surface area contributed by atoms with Gasteiger partial charge in [-0.05, 0) is 25.1 Å². The van der Waals surface area contributed by atoms with E-state index < -0.39 is 12.0 Å². The van der Waals surface area contributed by atoms with Crippen molar-refractivity contribution in [2.75, 3.05) is 6.54 Å². The highest BCUT2D eigenvalue weighted by Crippen LogP contribution is 2.12. The Balaban J connectivity index is 2.66. The van der Waals surface area contributed by atoms with E-state index >= 15 is 0 Å². The second-order valence-corrected chi connectivity index (χ2v) is 3.79. The summed E-state index contributed by atoms with van der Waals surface area (Å²) in [4.78, 5) is 13.1. The number of furan rings is 1. The van der Waals surface area contributed by atoms with Crippen LogP contribution in [0.4, 0.5) is 0 Å². The van der Waals surface area contributed by atoms with Gasteiger partial charge in [-0.15, -0.1) is 0 Å². The van der Waals surface area contributed by atoms with E-state index in [1.54, 1.807) is 6.26 Å². The maximum absolute atomic E-state index is 11.1. The molecule has 4 heteroatoms. The maximum Gasteiger partial charge on any atom is 0.320 e. The van der Waals surface area contributed by atoms with Crippen LogP contribution in [0.15, 0.2) is 22.8 Å². The van der Waals surface area contributed by atoms with Crippen molar-refractivity contribution in [2.45, 2.75) is 39.3 Å². The quantitative estimate of drug-likeness (QED) is 0.774. The third kappa shape index (κ3) is 3.38. The molecule has 0 saturated heterocycles. The molecule has 0 aliphatic carbocycles. The molecule has 1 aromatic rings. The number of hydrogen-bond acceptors (Lipinski definition) is 3. The Morgan fingerprint density at radius 3 is 2.75 bits per heavy atom. The highest BCUT2D eigenvalue weighted by Gasteiger charge is 2.23. The summed E-state index contributed by atoms with van der Waals surface area (Å²) >= 11 is 0. The van der Waals surface area contributed by atoms with Crippen molar-refractivity contribution in [1.82, 2.24) is 4.90 Å². The minimum atomic E-state index is -0.754. The van der Waals surface area contributed by atoms with Gasteiger partial charge in [0.15, 0.2) is 0 Å². The van der Waals surface area contributed by atoms with Crippen molar-refractivity contribution in [1.29, 1.82) is 0 Å². The monoisotopic (exact) mass is 225 g/mol. The summed E-state index contributed by atoms with van der Waals surface area (Å²) in [5.41, 5.74) is 0. The van der Waals surface area contributed by atoms with Gasteiger partial charge in [-0.3, -0.25) is 9.69 Å². The lowest BCUT2D eigenvalue weighted by molar-refractivity contribution is -0.143. The summed E-state index contributed by atoms with van der Waals surface area (Å²) in [6, 6.07) is 3.27. The van der Waals surface area contributed by atoms with Gasteiger partial charge in [0.2, 0.25) is 0 Å². The number of nitrogens with zero attached hydrogens (tertiary/aromatic N) is 1. The molecule has 0 amide bonds. The molecule has 0 fully saturated rings. The van der Waals surface area contributed by atoms with Crippen LogP contribution < -0.4 is 0 Å². The Morgan fingerprint density at radius 1 is 1.56 bits per heavy atom. The van der Waals surface area contributed by atoms with Crippen molar-refractivity contribution in [2.24, 2.45) is 0 Å². The molecule has 0 aromatic carbocycles. The standard InChI is InChI=1S/C12H19NO3/c1-3-6-11(12(14)15)13(4-2)9-10-7-5-8-16-10/h5,7-8,11H,3-4,6,9H2,1-2H3,(H,14,15). The third-order valence-electron chi connectivity index (χ3n) is 2.63. The fourth-order valence-corrected chi connectivity index (χ4v) is 1.78. The predicted molar refractivity (Wildman–Crippen MR) is 61.1 cm³/mol. The van der Waals surface area contributed by atoms with Gasteiger partial charge in [-0.2, -0.15) is 0 Å². The predicted octanol–water partition coefficient (Wildman–Crippen LogP) is 2.35. The van der Waals surface area contributed by atoms with E-state index in [9.17, 15) is 4.79 Å². The Bertz CT molecular complexity index is 308. The first kappa shape index (κ1) is 12.8. The van der Waals surface area contributed by atoms with Crippen LogP contribution in [0.25, 0.3) is 0 Å².